The minimum atomic E-state index is -4.23. The van der Waals surface area contributed by atoms with Gasteiger partial charge in [-0.15, -0.1) is 0 Å². The zero-order chi connectivity index (χ0) is 20.4. The fourth-order valence-electron chi connectivity index (χ4n) is 2.53. The van der Waals surface area contributed by atoms with Crippen molar-refractivity contribution in [3.05, 3.63) is 62.2 Å². The molecule has 27 heavy (non-hydrogen) atoms. The van der Waals surface area contributed by atoms with E-state index >= 15 is 0 Å². The zero-order valence-corrected chi connectivity index (χ0v) is 15.6. The standard InChI is InChI=1S/C16H17N3O7S/c1-4-17(15-9-12(18(20)21)6-8-16(15)26-3)27(24,25)13-7-5-11(2)14(10-13)19(22)23/h5-10H,4H2,1-3H3. The lowest BCUT2D eigenvalue weighted by Gasteiger charge is -2.24. The molecular formula is C16H17N3O7S. The predicted molar refractivity (Wildman–Crippen MR) is 97.7 cm³/mol. The van der Waals surface area contributed by atoms with Crippen LogP contribution in [-0.2, 0) is 10.0 Å². The summed E-state index contributed by atoms with van der Waals surface area (Å²) < 4.78 is 32.2. The van der Waals surface area contributed by atoms with Gasteiger partial charge >= 0.3 is 0 Å². The van der Waals surface area contributed by atoms with Gasteiger partial charge in [0.2, 0.25) is 0 Å². The van der Waals surface area contributed by atoms with Gasteiger partial charge in [0.15, 0.2) is 0 Å². The van der Waals surface area contributed by atoms with Crippen molar-refractivity contribution >= 4 is 27.1 Å². The molecule has 0 saturated carbocycles. The van der Waals surface area contributed by atoms with Crippen molar-refractivity contribution in [1.29, 1.82) is 0 Å². The molecule has 0 spiro atoms. The van der Waals surface area contributed by atoms with Crippen LogP contribution >= 0.6 is 0 Å². The van der Waals surface area contributed by atoms with Gasteiger partial charge in [0.05, 0.1) is 21.9 Å². The fourth-order valence-corrected chi connectivity index (χ4v) is 4.03. The Morgan fingerprint density at radius 3 is 2.26 bits per heavy atom. The molecule has 2 aromatic carbocycles. The molecule has 0 unspecified atom stereocenters. The Morgan fingerprint density at radius 2 is 1.74 bits per heavy atom. The van der Waals surface area contributed by atoms with Gasteiger partial charge < -0.3 is 4.74 Å². The van der Waals surface area contributed by atoms with Gasteiger partial charge in [-0.2, -0.15) is 0 Å². The van der Waals surface area contributed by atoms with Gasteiger partial charge in [0, 0.05) is 30.3 Å². The average Bonchev–Trinajstić information content (AvgIpc) is 2.61. The number of aryl methyl sites for hydroxylation is 1. The summed E-state index contributed by atoms with van der Waals surface area (Å²) in [5.74, 6) is 0.118. The summed E-state index contributed by atoms with van der Waals surface area (Å²) in [6, 6.07) is 7.13. The van der Waals surface area contributed by atoms with Gasteiger partial charge in [-0.3, -0.25) is 24.5 Å². The third-order valence-corrected chi connectivity index (χ3v) is 5.78. The van der Waals surface area contributed by atoms with E-state index < -0.39 is 19.9 Å². The van der Waals surface area contributed by atoms with Crippen LogP contribution in [-0.4, -0.2) is 31.9 Å². The van der Waals surface area contributed by atoms with E-state index in [-0.39, 0.29) is 34.3 Å². The van der Waals surface area contributed by atoms with E-state index in [0.717, 1.165) is 16.4 Å². The van der Waals surface area contributed by atoms with E-state index in [4.69, 9.17) is 4.74 Å². The van der Waals surface area contributed by atoms with Crippen molar-refractivity contribution in [2.24, 2.45) is 0 Å². The average molecular weight is 395 g/mol. The highest BCUT2D eigenvalue weighted by molar-refractivity contribution is 7.92. The zero-order valence-electron chi connectivity index (χ0n) is 14.8. The second-order valence-electron chi connectivity index (χ2n) is 5.49. The lowest BCUT2D eigenvalue weighted by molar-refractivity contribution is -0.385. The van der Waals surface area contributed by atoms with Crippen LogP contribution < -0.4 is 9.04 Å². The Labute approximate surface area is 155 Å². The summed E-state index contributed by atoms with van der Waals surface area (Å²) in [5.41, 5.74) is -0.361. The third-order valence-electron chi connectivity index (χ3n) is 3.89. The number of methoxy groups -OCH3 is 1. The maximum Gasteiger partial charge on any atom is 0.273 e. The largest absolute Gasteiger partial charge is 0.495 e. The van der Waals surface area contributed by atoms with Crippen LogP contribution in [0.2, 0.25) is 0 Å². The molecular weight excluding hydrogens is 378 g/mol. The first-order chi connectivity index (χ1) is 12.6. The summed E-state index contributed by atoms with van der Waals surface area (Å²) in [7, 11) is -2.92. The monoisotopic (exact) mass is 395 g/mol. The third kappa shape index (κ3) is 3.82. The number of nitro benzene ring substituents is 2. The van der Waals surface area contributed by atoms with Crippen LogP contribution in [0.1, 0.15) is 12.5 Å². The van der Waals surface area contributed by atoms with Crippen LogP contribution in [0.5, 0.6) is 5.75 Å². The number of hydrogen-bond acceptors (Lipinski definition) is 7. The summed E-state index contributed by atoms with van der Waals surface area (Å²) in [6.45, 7) is 2.97. The lowest BCUT2D eigenvalue weighted by Crippen LogP contribution is -2.31. The number of anilines is 1. The number of nitro groups is 2. The van der Waals surface area contributed by atoms with E-state index in [9.17, 15) is 28.6 Å². The Morgan fingerprint density at radius 1 is 1.07 bits per heavy atom. The van der Waals surface area contributed by atoms with Crippen LogP contribution in [0.4, 0.5) is 17.1 Å². The summed E-state index contributed by atoms with van der Waals surface area (Å²) >= 11 is 0. The van der Waals surface area contributed by atoms with Crippen LogP contribution in [0, 0.1) is 27.2 Å². The molecule has 2 aromatic rings. The maximum atomic E-state index is 13.1. The van der Waals surface area contributed by atoms with Gasteiger partial charge in [-0.05, 0) is 26.0 Å². The topological polar surface area (TPSA) is 133 Å². The number of benzene rings is 2. The number of sulfonamides is 1. The number of non-ortho nitro benzene ring substituents is 1. The molecule has 0 aromatic heterocycles. The highest BCUT2D eigenvalue weighted by atomic mass is 32.2. The van der Waals surface area contributed by atoms with Gasteiger partial charge in [-0.1, -0.05) is 6.07 Å². The molecule has 0 fully saturated rings. The van der Waals surface area contributed by atoms with E-state index in [1.54, 1.807) is 6.92 Å². The molecule has 0 aliphatic heterocycles. The second-order valence-corrected chi connectivity index (χ2v) is 7.35. The highest BCUT2D eigenvalue weighted by Crippen LogP contribution is 2.36. The van der Waals surface area contributed by atoms with Gasteiger partial charge in [0.25, 0.3) is 21.4 Å². The molecule has 0 saturated heterocycles. The molecule has 2 rings (SSSR count). The Hall–Kier alpha value is -3.21. The molecule has 0 aliphatic carbocycles. The Kier molecular flexibility index (Phi) is 5.64. The van der Waals surface area contributed by atoms with Crippen molar-refractivity contribution in [1.82, 2.24) is 0 Å². The van der Waals surface area contributed by atoms with Crippen LogP contribution in [0.15, 0.2) is 41.3 Å². The molecule has 0 aliphatic rings. The van der Waals surface area contributed by atoms with E-state index in [0.29, 0.717) is 5.56 Å². The Bertz CT molecular complexity index is 1010. The first-order valence-corrected chi connectivity index (χ1v) is 9.17. The molecule has 0 heterocycles. The predicted octanol–water partition coefficient (Wildman–Crippen LogP) is 3.04. The van der Waals surface area contributed by atoms with Crippen molar-refractivity contribution in [3.8, 4) is 5.75 Å². The van der Waals surface area contributed by atoms with E-state index in [1.165, 1.54) is 38.3 Å². The van der Waals surface area contributed by atoms with Crippen molar-refractivity contribution < 1.29 is 23.0 Å². The van der Waals surface area contributed by atoms with E-state index in [2.05, 4.69) is 0 Å². The molecule has 0 N–H and O–H groups in total. The summed E-state index contributed by atoms with van der Waals surface area (Å²) in [6.07, 6.45) is 0. The van der Waals surface area contributed by atoms with Crippen LogP contribution in [0.3, 0.4) is 0 Å². The SMILES string of the molecule is CCN(c1cc([N+](=O)[O-])ccc1OC)S(=O)(=O)c1ccc(C)c([N+](=O)[O-])c1. The molecule has 0 bridgehead atoms. The van der Waals surface area contributed by atoms with Gasteiger partial charge in [0.1, 0.15) is 11.4 Å². The number of rotatable bonds is 7. The minimum absolute atomic E-state index is 0.0302. The lowest BCUT2D eigenvalue weighted by atomic mass is 10.2. The van der Waals surface area contributed by atoms with Crippen LogP contribution in [0.25, 0.3) is 0 Å². The number of ether oxygens (including phenoxy) is 1. The smallest absolute Gasteiger partial charge is 0.273 e. The quantitative estimate of drug-likeness (QED) is 0.519. The maximum absolute atomic E-state index is 13.1. The second kappa shape index (κ2) is 7.58. The first-order valence-electron chi connectivity index (χ1n) is 7.73. The van der Waals surface area contributed by atoms with Crippen molar-refractivity contribution in [3.63, 3.8) is 0 Å². The highest BCUT2D eigenvalue weighted by Gasteiger charge is 2.29. The Balaban J connectivity index is 2.67. The molecule has 0 atom stereocenters. The molecule has 0 radical (unpaired) electrons. The minimum Gasteiger partial charge on any atom is -0.495 e. The fraction of sp³-hybridized carbons (Fsp3) is 0.250. The number of nitrogens with zero attached hydrogens (tertiary/aromatic N) is 3. The van der Waals surface area contributed by atoms with Gasteiger partial charge in [-0.25, -0.2) is 8.42 Å². The summed E-state index contributed by atoms with van der Waals surface area (Å²) in [5, 5.41) is 22.2. The molecule has 10 nitrogen and oxygen atoms in total. The molecule has 11 heteroatoms. The van der Waals surface area contributed by atoms with E-state index in [1.807, 2.05) is 0 Å². The molecule has 0 amide bonds. The normalized spacial score (nSPS) is 11.1. The van der Waals surface area contributed by atoms with Crippen molar-refractivity contribution in [2.45, 2.75) is 18.7 Å². The summed E-state index contributed by atoms with van der Waals surface area (Å²) in [4.78, 5) is 20.6. The molecule has 144 valence electrons. The first kappa shape index (κ1) is 20.1. The van der Waals surface area contributed by atoms with Crippen molar-refractivity contribution in [2.75, 3.05) is 18.0 Å². The number of hydrogen-bond donors (Lipinski definition) is 0.